The predicted octanol–water partition coefficient (Wildman–Crippen LogP) is 3.35. The molecule has 0 unspecified atom stereocenters. The largest absolute Gasteiger partial charge is 0.403 e. The molecule has 0 atom stereocenters. The van der Waals surface area contributed by atoms with Crippen LogP contribution in [0.15, 0.2) is 0 Å². The molecule has 120 valence electrons. The topological polar surface area (TPSA) is 27.7 Å². The molecule has 0 spiro atoms. The summed E-state index contributed by atoms with van der Waals surface area (Å²) < 4.78 is 17.1. The quantitative estimate of drug-likeness (QED) is 0.426. The van der Waals surface area contributed by atoms with Crippen molar-refractivity contribution in [3.8, 4) is 22.9 Å². The maximum Gasteiger partial charge on any atom is 0.266 e. The maximum absolute atomic E-state index is 5.82. The molecule has 0 aliphatic rings. The van der Waals surface area contributed by atoms with Crippen molar-refractivity contribution in [2.24, 2.45) is 0 Å². The van der Waals surface area contributed by atoms with E-state index in [2.05, 4.69) is 49.1 Å². The van der Waals surface area contributed by atoms with E-state index in [0.717, 1.165) is 0 Å². The molecule has 0 aliphatic carbocycles. The van der Waals surface area contributed by atoms with Crippen LogP contribution in [0.25, 0.3) is 0 Å². The highest BCUT2D eigenvalue weighted by atomic mass is 28.4. The summed E-state index contributed by atoms with van der Waals surface area (Å²) in [5, 5.41) is 0. The first-order valence-electron chi connectivity index (χ1n) is 7.47. The van der Waals surface area contributed by atoms with Gasteiger partial charge in [0.05, 0.1) is 0 Å². The van der Waals surface area contributed by atoms with Crippen LogP contribution in [0.1, 0.15) is 27.7 Å². The van der Waals surface area contributed by atoms with Crippen molar-refractivity contribution in [1.29, 1.82) is 0 Å². The van der Waals surface area contributed by atoms with E-state index in [-0.39, 0.29) is 12.2 Å². The summed E-state index contributed by atoms with van der Waals surface area (Å²) in [6.07, 6.45) is 0.446. The van der Waals surface area contributed by atoms with Crippen LogP contribution in [-0.4, -0.2) is 42.1 Å². The van der Waals surface area contributed by atoms with Crippen LogP contribution in [0, 0.1) is 22.9 Å². The van der Waals surface area contributed by atoms with Gasteiger partial charge in [0.2, 0.25) is 0 Å². The fraction of sp³-hybridized carbons (Fsp3) is 0.750. The lowest BCUT2D eigenvalue weighted by atomic mass is 10.5. The molecule has 0 bridgehead atoms. The Hall–Kier alpha value is -0.566. The van der Waals surface area contributed by atoms with Gasteiger partial charge in [-0.3, -0.25) is 0 Å². The fourth-order valence-corrected chi connectivity index (χ4v) is 5.36. The van der Waals surface area contributed by atoms with Gasteiger partial charge in [-0.2, -0.15) is 0 Å². The second-order valence-corrected chi connectivity index (χ2v) is 13.5. The average molecular weight is 327 g/mol. The molecule has 0 aliphatic heterocycles. The summed E-state index contributed by atoms with van der Waals surface area (Å²) >= 11 is 0. The van der Waals surface area contributed by atoms with Gasteiger partial charge in [-0.15, -0.1) is 0 Å². The molecule has 0 heterocycles. The third kappa shape index (κ3) is 12.9. The third-order valence-corrected chi connectivity index (χ3v) is 5.87. The van der Waals surface area contributed by atoms with Gasteiger partial charge in [-0.1, -0.05) is 22.9 Å². The maximum atomic E-state index is 5.82. The Balaban J connectivity index is 4.09. The molecule has 0 saturated heterocycles. The molecular weight excluding hydrogens is 296 g/mol. The molecule has 5 heteroatoms. The molecule has 0 rings (SSSR count). The number of rotatable bonds is 6. The Morgan fingerprint density at radius 3 is 1.33 bits per heavy atom. The van der Waals surface area contributed by atoms with Crippen molar-refractivity contribution >= 4 is 16.6 Å². The summed E-state index contributed by atoms with van der Waals surface area (Å²) in [6, 6.07) is 0. The molecule has 21 heavy (non-hydrogen) atoms. The Bertz CT molecular complexity index is 380. The van der Waals surface area contributed by atoms with Crippen LogP contribution >= 0.6 is 0 Å². The number of hydrogen-bond donors (Lipinski definition) is 0. The molecule has 0 radical (unpaired) electrons. The zero-order chi connectivity index (χ0) is 16.5. The van der Waals surface area contributed by atoms with Crippen molar-refractivity contribution in [3.63, 3.8) is 0 Å². The first-order valence-corrected chi connectivity index (χ1v) is 13.3. The highest BCUT2D eigenvalue weighted by Gasteiger charge is 2.21. The molecule has 0 saturated carbocycles. The van der Waals surface area contributed by atoms with Crippen LogP contribution in [0.3, 0.4) is 0 Å². The molecular formula is C16H30O3Si2. The molecule has 0 amide bonds. The van der Waals surface area contributed by atoms with Crippen LogP contribution in [0.4, 0.5) is 0 Å². The molecule has 0 N–H and O–H groups in total. The third-order valence-electron chi connectivity index (χ3n) is 2.19. The van der Waals surface area contributed by atoms with Gasteiger partial charge in [0.1, 0.15) is 13.2 Å². The number of hydrogen-bond acceptors (Lipinski definition) is 3. The lowest BCUT2D eigenvalue weighted by Crippen LogP contribution is -2.32. The van der Waals surface area contributed by atoms with Gasteiger partial charge in [-0.25, -0.2) is 0 Å². The van der Waals surface area contributed by atoms with E-state index in [1.54, 1.807) is 0 Å². The van der Waals surface area contributed by atoms with E-state index in [1.807, 2.05) is 27.7 Å². The number of ether oxygens (including phenoxy) is 1. The van der Waals surface area contributed by atoms with Gasteiger partial charge < -0.3 is 13.6 Å². The van der Waals surface area contributed by atoms with Crippen molar-refractivity contribution in [2.75, 3.05) is 13.2 Å². The van der Waals surface area contributed by atoms with Crippen LogP contribution < -0.4 is 0 Å². The van der Waals surface area contributed by atoms with E-state index in [4.69, 9.17) is 13.6 Å². The summed E-state index contributed by atoms with van der Waals surface area (Å²) in [4.78, 5) is 0. The van der Waals surface area contributed by atoms with Crippen LogP contribution in [0.5, 0.6) is 0 Å². The van der Waals surface area contributed by atoms with Gasteiger partial charge in [-0.05, 0) is 53.9 Å². The van der Waals surface area contributed by atoms with E-state index in [0.29, 0.717) is 13.2 Å². The van der Waals surface area contributed by atoms with E-state index >= 15 is 0 Å². The lowest BCUT2D eigenvalue weighted by Gasteiger charge is -2.19. The second-order valence-electron chi connectivity index (χ2n) is 6.45. The standard InChI is InChI=1S/C16H30O3Si2/c1-15(2)18-20(5,6)13-9-11-17-12-10-14-21(7,8)19-16(3)4/h15-16H,11-12H2,1-8H3. The summed E-state index contributed by atoms with van der Waals surface area (Å²) in [6.45, 7) is 17.3. The predicted molar refractivity (Wildman–Crippen MR) is 93.8 cm³/mol. The second kappa shape index (κ2) is 9.45. The van der Waals surface area contributed by atoms with Crippen LogP contribution in [0.2, 0.25) is 26.2 Å². The normalized spacial score (nSPS) is 11.9. The fourth-order valence-electron chi connectivity index (χ4n) is 1.89. The van der Waals surface area contributed by atoms with Crippen molar-refractivity contribution in [3.05, 3.63) is 0 Å². The summed E-state index contributed by atoms with van der Waals surface area (Å²) in [7, 11) is -3.75. The zero-order valence-electron chi connectivity index (χ0n) is 14.8. The SMILES string of the molecule is CC(C)O[Si](C)(C)C#CCOCC#C[Si](C)(C)OC(C)C. The smallest absolute Gasteiger partial charge is 0.266 e. The van der Waals surface area contributed by atoms with E-state index in [9.17, 15) is 0 Å². The minimum Gasteiger partial charge on any atom is -0.403 e. The van der Waals surface area contributed by atoms with Gasteiger partial charge in [0.25, 0.3) is 16.6 Å². The van der Waals surface area contributed by atoms with Crippen LogP contribution in [-0.2, 0) is 13.6 Å². The first kappa shape index (κ1) is 20.4. The molecule has 0 aromatic carbocycles. The Labute approximate surface area is 133 Å². The van der Waals surface area contributed by atoms with E-state index in [1.165, 1.54) is 0 Å². The molecule has 0 aromatic heterocycles. The Kier molecular flexibility index (Phi) is 9.20. The van der Waals surface area contributed by atoms with Gasteiger partial charge >= 0.3 is 0 Å². The average Bonchev–Trinajstić information content (AvgIpc) is 2.23. The van der Waals surface area contributed by atoms with E-state index < -0.39 is 16.6 Å². The highest BCUT2D eigenvalue weighted by molar-refractivity contribution is 6.79. The van der Waals surface area contributed by atoms with Gasteiger partial charge in [0, 0.05) is 12.2 Å². The lowest BCUT2D eigenvalue weighted by molar-refractivity contribution is 0.204. The minimum absolute atomic E-state index is 0.223. The van der Waals surface area contributed by atoms with Crippen molar-refractivity contribution in [2.45, 2.75) is 66.1 Å². The summed E-state index contributed by atoms with van der Waals surface area (Å²) in [5.74, 6) is 6.08. The van der Waals surface area contributed by atoms with Crippen molar-refractivity contribution in [1.82, 2.24) is 0 Å². The highest BCUT2D eigenvalue weighted by Crippen LogP contribution is 2.06. The first-order chi connectivity index (χ1) is 9.54. The Morgan fingerprint density at radius 1 is 0.714 bits per heavy atom. The molecule has 0 fully saturated rings. The molecule has 3 nitrogen and oxygen atoms in total. The monoisotopic (exact) mass is 326 g/mol. The van der Waals surface area contributed by atoms with Crippen molar-refractivity contribution < 1.29 is 13.6 Å². The Morgan fingerprint density at radius 2 is 1.05 bits per heavy atom. The minimum atomic E-state index is -1.87. The summed E-state index contributed by atoms with van der Waals surface area (Å²) in [5.41, 5.74) is 6.40. The van der Waals surface area contributed by atoms with Gasteiger partial charge in [0.15, 0.2) is 0 Å². The zero-order valence-corrected chi connectivity index (χ0v) is 16.8. The molecule has 0 aromatic rings.